The summed E-state index contributed by atoms with van der Waals surface area (Å²) in [5.74, 6) is -2.32. The Labute approximate surface area is 151 Å². The molecule has 0 radical (unpaired) electrons. The molecule has 2 rings (SSSR count). The van der Waals surface area contributed by atoms with E-state index in [2.05, 4.69) is 4.74 Å². The number of hydrogen-bond donors (Lipinski definition) is 1. The zero-order chi connectivity index (χ0) is 19.3. The van der Waals surface area contributed by atoms with Gasteiger partial charge in [-0.25, -0.2) is 4.79 Å². The van der Waals surface area contributed by atoms with Gasteiger partial charge in [-0.1, -0.05) is 0 Å². The highest BCUT2D eigenvalue weighted by Crippen LogP contribution is 2.21. The fourth-order valence-electron chi connectivity index (χ4n) is 2.06. The molecule has 0 saturated heterocycles. The van der Waals surface area contributed by atoms with Gasteiger partial charge in [-0.05, 0) is 44.2 Å². The molecule has 2 amide bonds. The number of benzene rings is 1. The van der Waals surface area contributed by atoms with Gasteiger partial charge in [0.25, 0.3) is 11.8 Å². The average Bonchev–Trinajstić information content (AvgIpc) is 2.91. The number of carbonyl (C=O) groups is 3. The topological polar surface area (TPSA) is 81.7 Å². The lowest BCUT2D eigenvalue weighted by atomic mass is 10.2. The van der Waals surface area contributed by atoms with Crippen LogP contribution in [0.15, 0.2) is 30.3 Å². The van der Waals surface area contributed by atoms with E-state index in [0.29, 0.717) is 5.56 Å². The van der Waals surface area contributed by atoms with Crippen molar-refractivity contribution in [3.05, 3.63) is 51.2 Å². The lowest BCUT2D eigenvalue weighted by Crippen LogP contribution is -2.34. The molecule has 0 saturated carbocycles. The van der Waals surface area contributed by atoms with Gasteiger partial charge >= 0.3 is 12.6 Å². The van der Waals surface area contributed by atoms with Gasteiger partial charge in [0.15, 0.2) is 6.61 Å². The molecule has 0 atom stereocenters. The smallest absolute Gasteiger partial charge is 0.387 e. The van der Waals surface area contributed by atoms with Gasteiger partial charge in [-0.3, -0.25) is 14.9 Å². The van der Waals surface area contributed by atoms with Gasteiger partial charge in [0.05, 0.1) is 5.56 Å². The molecule has 0 bridgehead atoms. The number of nitrogens with one attached hydrogen (secondary N) is 1. The van der Waals surface area contributed by atoms with Crippen LogP contribution in [0.3, 0.4) is 0 Å². The second-order valence-corrected chi connectivity index (χ2v) is 6.64. The quantitative estimate of drug-likeness (QED) is 0.776. The Morgan fingerprint density at radius 3 is 2.35 bits per heavy atom. The minimum Gasteiger partial charge on any atom is -0.452 e. The largest absolute Gasteiger partial charge is 0.452 e. The number of hydrogen-bond acceptors (Lipinski definition) is 6. The number of carbonyl (C=O) groups excluding carboxylic acids is 3. The summed E-state index contributed by atoms with van der Waals surface area (Å²) in [4.78, 5) is 37.3. The van der Waals surface area contributed by atoms with Crippen LogP contribution < -0.4 is 10.1 Å². The number of esters is 1. The molecule has 0 aliphatic heterocycles. The maximum Gasteiger partial charge on any atom is 0.387 e. The maximum absolute atomic E-state index is 12.1. The first-order valence-electron chi connectivity index (χ1n) is 7.39. The Bertz CT molecular complexity index is 817. The highest BCUT2D eigenvalue weighted by atomic mass is 32.1. The minimum absolute atomic E-state index is 0.0654. The third kappa shape index (κ3) is 5.35. The van der Waals surface area contributed by atoms with Crippen LogP contribution >= 0.6 is 11.3 Å². The summed E-state index contributed by atoms with van der Waals surface area (Å²) in [7, 11) is 0. The molecule has 0 aliphatic rings. The van der Waals surface area contributed by atoms with Crippen LogP contribution in [0.1, 0.15) is 30.5 Å². The highest BCUT2D eigenvalue weighted by molar-refractivity contribution is 7.12. The van der Waals surface area contributed by atoms with Gasteiger partial charge < -0.3 is 9.47 Å². The SMILES string of the molecule is Cc1cc(C(=O)OCC(=O)NC(=O)c2ccc(OC(F)F)cc2)c(C)s1. The molecule has 0 unspecified atom stereocenters. The van der Waals surface area contributed by atoms with Crippen LogP contribution in [0.2, 0.25) is 0 Å². The molecule has 2 aromatic rings. The van der Waals surface area contributed by atoms with Crippen LogP contribution in [-0.2, 0) is 9.53 Å². The zero-order valence-corrected chi connectivity index (χ0v) is 14.7. The normalized spacial score (nSPS) is 10.5. The lowest BCUT2D eigenvalue weighted by Gasteiger charge is -2.07. The molecule has 0 spiro atoms. The number of ether oxygens (including phenoxy) is 2. The van der Waals surface area contributed by atoms with Crippen molar-refractivity contribution in [2.75, 3.05) is 6.61 Å². The van der Waals surface area contributed by atoms with Crippen LogP contribution in [0.4, 0.5) is 8.78 Å². The van der Waals surface area contributed by atoms with Crippen molar-refractivity contribution in [1.82, 2.24) is 5.32 Å². The molecule has 1 heterocycles. The van der Waals surface area contributed by atoms with E-state index in [1.54, 1.807) is 13.0 Å². The third-order valence-electron chi connectivity index (χ3n) is 3.19. The predicted octanol–water partition coefficient (Wildman–Crippen LogP) is 3.08. The second kappa shape index (κ2) is 8.52. The van der Waals surface area contributed by atoms with Crippen molar-refractivity contribution < 1.29 is 32.6 Å². The van der Waals surface area contributed by atoms with Crippen molar-refractivity contribution in [3.8, 4) is 5.75 Å². The van der Waals surface area contributed by atoms with Gasteiger partial charge in [0, 0.05) is 15.3 Å². The second-order valence-electron chi connectivity index (χ2n) is 5.18. The molecule has 6 nitrogen and oxygen atoms in total. The van der Waals surface area contributed by atoms with Crippen molar-refractivity contribution in [3.63, 3.8) is 0 Å². The Balaban J connectivity index is 1.86. The van der Waals surface area contributed by atoms with Gasteiger partial charge in [0.2, 0.25) is 0 Å². The maximum atomic E-state index is 12.1. The summed E-state index contributed by atoms with van der Waals surface area (Å²) in [5.41, 5.74) is 0.442. The van der Waals surface area contributed by atoms with Gasteiger partial charge in [-0.15, -0.1) is 11.3 Å². The summed E-state index contributed by atoms with van der Waals surface area (Å²) in [6.07, 6.45) is 0. The molecule has 1 N–H and O–H groups in total. The Morgan fingerprint density at radius 1 is 1.15 bits per heavy atom. The molecule has 9 heteroatoms. The molecule has 0 fully saturated rings. The molecule has 1 aromatic heterocycles. The van der Waals surface area contributed by atoms with Crippen LogP contribution in [-0.4, -0.2) is 31.0 Å². The Kier molecular flexibility index (Phi) is 6.40. The average molecular weight is 383 g/mol. The minimum atomic E-state index is -2.97. The summed E-state index contributed by atoms with van der Waals surface area (Å²) in [6.45, 7) is 0.0175. The monoisotopic (exact) mass is 383 g/mol. The Morgan fingerprint density at radius 2 is 1.81 bits per heavy atom. The van der Waals surface area contributed by atoms with Gasteiger partial charge in [-0.2, -0.15) is 8.78 Å². The van der Waals surface area contributed by atoms with E-state index in [1.165, 1.54) is 35.6 Å². The van der Waals surface area contributed by atoms with Crippen molar-refractivity contribution in [2.45, 2.75) is 20.5 Å². The molecular weight excluding hydrogens is 368 g/mol. The van der Waals surface area contributed by atoms with E-state index >= 15 is 0 Å². The number of imide groups is 1. The summed E-state index contributed by atoms with van der Waals surface area (Å²) >= 11 is 1.43. The van der Waals surface area contributed by atoms with E-state index in [4.69, 9.17) is 4.74 Å². The molecule has 26 heavy (non-hydrogen) atoms. The summed E-state index contributed by atoms with van der Waals surface area (Å²) in [5, 5.41) is 2.04. The van der Waals surface area contributed by atoms with E-state index in [-0.39, 0.29) is 11.3 Å². The molecule has 1 aromatic carbocycles. The number of halogens is 2. The van der Waals surface area contributed by atoms with E-state index < -0.39 is 31.0 Å². The summed E-state index contributed by atoms with van der Waals surface area (Å²) < 4.78 is 33.2. The van der Waals surface area contributed by atoms with Gasteiger partial charge in [0.1, 0.15) is 5.75 Å². The first-order valence-corrected chi connectivity index (χ1v) is 8.21. The number of rotatable bonds is 6. The number of aryl methyl sites for hydroxylation is 2. The highest BCUT2D eigenvalue weighted by Gasteiger charge is 2.17. The van der Waals surface area contributed by atoms with E-state index in [1.807, 2.05) is 12.2 Å². The first-order chi connectivity index (χ1) is 12.3. The van der Waals surface area contributed by atoms with Crippen LogP contribution in [0.5, 0.6) is 5.75 Å². The first kappa shape index (κ1) is 19.5. The van der Waals surface area contributed by atoms with Crippen LogP contribution in [0.25, 0.3) is 0 Å². The van der Waals surface area contributed by atoms with Crippen LogP contribution in [0, 0.1) is 13.8 Å². The van der Waals surface area contributed by atoms with Crippen molar-refractivity contribution in [2.24, 2.45) is 0 Å². The predicted molar refractivity (Wildman–Crippen MR) is 89.6 cm³/mol. The number of amides is 2. The third-order valence-corrected chi connectivity index (χ3v) is 4.16. The molecule has 0 aliphatic carbocycles. The molecule has 138 valence electrons. The molecular formula is C17H15F2NO5S. The zero-order valence-electron chi connectivity index (χ0n) is 13.9. The lowest BCUT2D eigenvalue weighted by molar-refractivity contribution is -0.123. The van der Waals surface area contributed by atoms with E-state index in [9.17, 15) is 23.2 Å². The van der Waals surface area contributed by atoms with Crippen molar-refractivity contribution in [1.29, 1.82) is 0 Å². The van der Waals surface area contributed by atoms with E-state index in [0.717, 1.165) is 9.75 Å². The fraction of sp³-hybridized carbons (Fsp3) is 0.235. The number of alkyl halides is 2. The van der Waals surface area contributed by atoms with Crippen molar-refractivity contribution >= 4 is 29.1 Å². The Hall–Kier alpha value is -2.81. The standard InChI is InChI=1S/C17H15F2NO5S/c1-9-7-13(10(2)26-9)16(23)24-8-14(21)20-15(22)11-3-5-12(6-4-11)25-17(18)19/h3-7,17H,8H2,1-2H3,(H,20,21,22). The summed E-state index contributed by atoms with van der Waals surface area (Å²) in [6, 6.07) is 6.46. The fourth-order valence-corrected chi connectivity index (χ4v) is 2.98. The number of thiophene rings is 1.